The normalized spacial score (nSPS) is 16.2. The van der Waals surface area contributed by atoms with Crippen LogP contribution in [0.4, 0.5) is 4.79 Å². The van der Waals surface area contributed by atoms with Gasteiger partial charge in [-0.3, -0.25) is 9.80 Å². The Bertz CT molecular complexity index is 335. The van der Waals surface area contributed by atoms with Crippen molar-refractivity contribution >= 4 is 6.03 Å². The van der Waals surface area contributed by atoms with E-state index in [1.54, 1.807) is 0 Å². The number of hydrogen-bond donors (Lipinski definition) is 2. The van der Waals surface area contributed by atoms with E-state index in [0.717, 1.165) is 6.54 Å². The van der Waals surface area contributed by atoms with E-state index in [0.29, 0.717) is 18.6 Å². The second kappa shape index (κ2) is 8.64. The van der Waals surface area contributed by atoms with E-state index < -0.39 is 0 Å². The molecular weight excluding hydrogens is 252 g/mol. The lowest BCUT2D eigenvalue weighted by Gasteiger charge is -2.32. The molecule has 0 aromatic carbocycles. The highest BCUT2D eigenvalue weighted by atomic mass is 16.2. The molecule has 0 aromatic rings. The van der Waals surface area contributed by atoms with Gasteiger partial charge in [-0.1, -0.05) is 19.4 Å². The average molecular weight is 280 g/mol. The van der Waals surface area contributed by atoms with Crippen LogP contribution in [0.5, 0.6) is 0 Å². The zero-order valence-electron chi connectivity index (χ0n) is 12.7. The van der Waals surface area contributed by atoms with Crippen LogP contribution in [-0.2, 0) is 0 Å². The third-order valence-corrected chi connectivity index (χ3v) is 3.78. The molecule has 1 saturated carbocycles. The minimum Gasteiger partial charge on any atom is -0.403 e. The number of hydrogen-bond acceptors (Lipinski definition) is 3. The van der Waals surface area contributed by atoms with Crippen molar-refractivity contribution in [3.8, 4) is 0 Å². The molecule has 1 aliphatic rings. The van der Waals surface area contributed by atoms with Gasteiger partial charge in [0.15, 0.2) is 0 Å². The zero-order valence-corrected chi connectivity index (χ0v) is 12.7. The molecule has 114 valence electrons. The topological polar surface area (TPSA) is 61.6 Å². The molecule has 0 unspecified atom stereocenters. The van der Waals surface area contributed by atoms with Gasteiger partial charge in [0, 0.05) is 43.8 Å². The number of rotatable bonds is 7. The van der Waals surface area contributed by atoms with Crippen molar-refractivity contribution in [2.75, 3.05) is 13.1 Å². The summed E-state index contributed by atoms with van der Waals surface area (Å²) in [4.78, 5) is 15.7. The van der Waals surface area contributed by atoms with Crippen molar-refractivity contribution in [3.05, 3.63) is 25.2 Å². The smallest absolute Gasteiger partial charge is 0.325 e. The zero-order chi connectivity index (χ0) is 15.0. The standard InChI is InChI=1S/C15H28N4O/c1-4-18(11-9-16)15(20)17-10-12-19(13(2)3)14-7-5-6-8-14/h4,9,11,13-14H,1,5-8,10,12,16H2,2-3H3,(H,17,20)/b11-9-. The molecule has 0 saturated heterocycles. The summed E-state index contributed by atoms with van der Waals surface area (Å²) < 4.78 is 0. The highest BCUT2D eigenvalue weighted by molar-refractivity contribution is 5.76. The van der Waals surface area contributed by atoms with Crippen molar-refractivity contribution in [2.45, 2.75) is 51.6 Å². The molecular formula is C15H28N4O. The predicted molar refractivity (Wildman–Crippen MR) is 82.9 cm³/mol. The van der Waals surface area contributed by atoms with E-state index in [1.807, 2.05) is 0 Å². The fourth-order valence-electron chi connectivity index (χ4n) is 2.79. The lowest BCUT2D eigenvalue weighted by Crippen LogP contribution is -2.45. The Morgan fingerprint density at radius 2 is 2.10 bits per heavy atom. The van der Waals surface area contributed by atoms with Crippen LogP contribution in [0, 0.1) is 0 Å². The second-order valence-corrected chi connectivity index (χ2v) is 5.43. The van der Waals surface area contributed by atoms with Crippen LogP contribution in [0.1, 0.15) is 39.5 Å². The van der Waals surface area contributed by atoms with Gasteiger partial charge >= 0.3 is 6.03 Å². The fraction of sp³-hybridized carbons (Fsp3) is 0.667. The second-order valence-electron chi connectivity index (χ2n) is 5.43. The summed E-state index contributed by atoms with van der Waals surface area (Å²) in [6.45, 7) is 9.53. The molecule has 2 amide bonds. The van der Waals surface area contributed by atoms with Crippen molar-refractivity contribution in [2.24, 2.45) is 5.73 Å². The number of nitrogens with zero attached hydrogens (tertiary/aromatic N) is 2. The Labute approximate surface area is 122 Å². The largest absolute Gasteiger partial charge is 0.403 e. The molecule has 0 aliphatic heterocycles. The van der Waals surface area contributed by atoms with Gasteiger partial charge < -0.3 is 11.1 Å². The monoisotopic (exact) mass is 280 g/mol. The van der Waals surface area contributed by atoms with Crippen LogP contribution >= 0.6 is 0 Å². The van der Waals surface area contributed by atoms with Crippen LogP contribution in [0.25, 0.3) is 0 Å². The van der Waals surface area contributed by atoms with E-state index >= 15 is 0 Å². The van der Waals surface area contributed by atoms with Crippen LogP contribution in [-0.4, -0.2) is 41.0 Å². The third-order valence-electron chi connectivity index (χ3n) is 3.78. The molecule has 1 rings (SSSR count). The quantitative estimate of drug-likeness (QED) is 0.751. The minimum absolute atomic E-state index is 0.197. The van der Waals surface area contributed by atoms with Gasteiger partial charge in [-0.2, -0.15) is 0 Å². The van der Waals surface area contributed by atoms with Crippen molar-refractivity contribution < 1.29 is 4.79 Å². The molecule has 0 aromatic heterocycles. The minimum atomic E-state index is -0.197. The van der Waals surface area contributed by atoms with Gasteiger partial charge in [0.25, 0.3) is 0 Å². The highest BCUT2D eigenvalue weighted by Gasteiger charge is 2.24. The molecule has 5 nitrogen and oxygen atoms in total. The molecule has 1 fully saturated rings. The molecule has 0 heterocycles. The third kappa shape index (κ3) is 4.89. The van der Waals surface area contributed by atoms with E-state index in [9.17, 15) is 4.79 Å². The maximum atomic E-state index is 11.9. The summed E-state index contributed by atoms with van der Waals surface area (Å²) in [5.74, 6) is 0. The van der Waals surface area contributed by atoms with Crippen LogP contribution in [0.2, 0.25) is 0 Å². The maximum Gasteiger partial charge on any atom is 0.325 e. The van der Waals surface area contributed by atoms with E-state index in [4.69, 9.17) is 5.73 Å². The predicted octanol–water partition coefficient (Wildman–Crippen LogP) is 2.22. The van der Waals surface area contributed by atoms with Gasteiger partial charge in [-0.05, 0) is 26.7 Å². The lowest BCUT2D eigenvalue weighted by molar-refractivity contribution is 0.155. The lowest BCUT2D eigenvalue weighted by atomic mass is 10.1. The van der Waals surface area contributed by atoms with Gasteiger partial charge in [-0.25, -0.2) is 4.79 Å². The number of urea groups is 1. The molecule has 0 bridgehead atoms. The van der Waals surface area contributed by atoms with E-state index in [1.165, 1.54) is 49.2 Å². The molecule has 0 atom stereocenters. The van der Waals surface area contributed by atoms with Gasteiger partial charge in [0.05, 0.1) is 0 Å². The SMILES string of the molecule is C=CN(/C=C\N)C(=O)NCCN(C(C)C)C1CCCC1. The first-order chi connectivity index (χ1) is 9.60. The Morgan fingerprint density at radius 3 is 2.60 bits per heavy atom. The first-order valence-corrected chi connectivity index (χ1v) is 7.43. The van der Waals surface area contributed by atoms with Crippen molar-refractivity contribution in [1.29, 1.82) is 0 Å². The van der Waals surface area contributed by atoms with E-state index in [2.05, 4.69) is 30.6 Å². The summed E-state index contributed by atoms with van der Waals surface area (Å²) in [5.41, 5.74) is 5.28. The first-order valence-electron chi connectivity index (χ1n) is 7.43. The van der Waals surface area contributed by atoms with Crippen molar-refractivity contribution in [3.63, 3.8) is 0 Å². The number of carbonyl (C=O) groups excluding carboxylic acids is 1. The van der Waals surface area contributed by atoms with Crippen LogP contribution in [0.15, 0.2) is 25.2 Å². The summed E-state index contributed by atoms with van der Waals surface area (Å²) >= 11 is 0. The molecule has 0 radical (unpaired) electrons. The van der Waals surface area contributed by atoms with E-state index in [-0.39, 0.29) is 6.03 Å². The Morgan fingerprint density at radius 1 is 1.45 bits per heavy atom. The van der Waals surface area contributed by atoms with Crippen molar-refractivity contribution in [1.82, 2.24) is 15.1 Å². The van der Waals surface area contributed by atoms with Crippen LogP contribution < -0.4 is 11.1 Å². The number of carbonyl (C=O) groups is 1. The summed E-state index contributed by atoms with van der Waals surface area (Å²) in [5, 5.41) is 2.89. The average Bonchev–Trinajstić information content (AvgIpc) is 2.93. The van der Waals surface area contributed by atoms with Crippen LogP contribution in [0.3, 0.4) is 0 Å². The Hall–Kier alpha value is -1.49. The molecule has 3 N–H and O–H groups in total. The summed E-state index contributed by atoms with van der Waals surface area (Å²) in [6.07, 6.45) is 9.45. The molecule has 20 heavy (non-hydrogen) atoms. The number of nitrogens with two attached hydrogens (primary N) is 1. The molecule has 0 spiro atoms. The number of nitrogens with one attached hydrogen (secondary N) is 1. The first kappa shape index (κ1) is 16.6. The Balaban J connectivity index is 2.40. The van der Waals surface area contributed by atoms with Gasteiger partial charge in [-0.15, -0.1) is 0 Å². The molecule has 5 heteroatoms. The van der Waals surface area contributed by atoms with Gasteiger partial charge in [0.2, 0.25) is 0 Å². The molecule has 1 aliphatic carbocycles. The Kier molecular flexibility index (Phi) is 7.15. The fourth-order valence-corrected chi connectivity index (χ4v) is 2.79. The summed E-state index contributed by atoms with van der Waals surface area (Å²) in [6, 6.07) is 0.984. The highest BCUT2D eigenvalue weighted by Crippen LogP contribution is 2.24. The van der Waals surface area contributed by atoms with Gasteiger partial charge in [0.1, 0.15) is 0 Å². The summed E-state index contributed by atoms with van der Waals surface area (Å²) in [7, 11) is 0. The maximum absolute atomic E-state index is 11.9. The number of amides is 2.